The van der Waals surface area contributed by atoms with Crippen LogP contribution in [0.3, 0.4) is 0 Å². The van der Waals surface area contributed by atoms with Crippen LogP contribution >= 0.6 is 0 Å². The highest BCUT2D eigenvalue weighted by molar-refractivity contribution is 7.85. The molecule has 0 aliphatic rings. The van der Waals surface area contributed by atoms with Crippen molar-refractivity contribution in [3.8, 4) is 0 Å². The number of benzene rings is 2. The summed E-state index contributed by atoms with van der Waals surface area (Å²) in [6.45, 7) is 2.28. The van der Waals surface area contributed by atoms with Gasteiger partial charge in [-0.05, 0) is 49.2 Å². The van der Waals surface area contributed by atoms with Crippen LogP contribution in [0.15, 0.2) is 36.4 Å². The van der Waals surface area contributed by atoms with Gasteiger partial charge in [0.2, 0.25) is 0 Å². The van der Waals surface area contributed by atoms with Crippen molar-refractivity contribution in [2.24, 2.45) is 0 Å². The van der Waals surface area contributed by atoms with Crippen LogP contribution in [0.4, 0.5) is 22.7 Å². The van der Waals surface area contributed by atoms with E-state index in [1.165, 1.54) is 0 Å². The molecule has 0 saturated carbocycles. The zero-order chi connectivity index (χ0) is 20.0. The number of carboxylic acids is 1. The lowest BCUT2D eigenvalue weighted by atomic mass is 10.1. The van der Waals surface area contributed by atoms with Crippen molar-refractivity contribution in [2.45, 2.75) is 13.3 Å². The van der Waals surface area contributed by atoms with Gasteiger partial charge in [-0.15, -0.1) is 0 Å². The van der Waals surface area contributed by atoms with Gasteiger partial charge in [-0.25, -0.2) is 4.79 Å². The molecule has 0 aromatic heterocycles. The van der Waals surface area contributed by atoms with Crippen LogP contribution in [0, 0.1) is 6.92 Å². The molecular weight excluding hydrogens is 370 g/mol. The Labute approximate surface area is 158 Å². The quantitative estimate of drug-likeness (QED) is 0.325. The minimum atomic E-state index is -3.97. The van der Waals surface area contributed by atoms with E-state index in [1.54, 1.807) is 25.2 Å². The third kappa shape index (κ3) is 6.15. The van der Waals surface area contributed by atoms with Crippen LogP contribution in [0.5, 0.6) is 0 Å². The summed E-state index contributed by atoms with van der Waals surface area (Å²) in [4.78, 5) is 11.5. The molecule has 0 radical (unpaired) electrons. The number of hydrogen-bond acceptors (Lipinski definition) is 6. The van der Waals surface area contributed by atoms with Crippen molar-refractivity contribution < 1.29 is 22.9 Å². The van der Waals surface area contributed by atoms with E-state index in [9.17, 15) is 18.3 Å². The number of aryl methyl sites for hydroxylation is 1. The van der Waals surface area contributed by atoms with E-state index in [2.05, 4.69) is 16.0 Å². The Kier molecular flexibility index (Phi) is 6.65. The van der Waals surface area contributed by atoms with E-state index in [-0.39, 0.29) is 17.7 Å². The van der Waals surface area contributed by atoms with Gasteiger partial charge in [-0.1, -0.05) is 6.07 Å². The van der Waals surface area contributed by atoms with Crippen molar-refractivity contribution in [1.29, 1.82) is 0 Å². The summed E-state index contributed by atoms with van der Waals surface area (Å²) in [6, 6.07) is 10.5. The topological polar surface area (TPSA) is 128 Å². The van der Waals surface area contributed by atoms with E-state index in [4.69, 9.17) is 4.55 Å². The molecule has 2 aromatic rings. The van der Waals surface area contributed by atoms with E-state index < -0.39 is 16.1 Å². The van der Waals surface area contributed by atoms with Gasteiger partial charge in [0.15, 0.2) is 0 Å². The minimum Gasteiger partial charge on any atom is -0.478 e. The second-order valence-electron chi connectivity index (χ2n) is 6.04. The molecule has 0 amide bonds. The second kappa shape index (κ2) is 8.74. The van der Waals surface area contributed by atoms with Crippen LogP contribution in [0.1, 0.15) is 22.3 Å². The van der Waals surface area contributed by atoms with Crippen molar-refractivity contribution in [1.82, 2.24) is 0 Å². The lowest BCUT2D eigenvalue weighted by Gasteiger charge is -2.15. The summed E-state index contributed by atoms with van der Waals surface area (Å²) in [5.74, 6) is -1.35. The first-order chi connectivity index (χ1) is 12.7. The fourth-order valence-corrected chi connectivity index (χ4v) is 3.02. The van der Waals surface area contributed by atoms with Crippen LogP contribution in [0.25, 0.3) is 0 Å². The molecule has 0 fully saturated rings. The molecule has 27 heavy (non-hydrogen) atoms. The molecule has 2 rings (SSSR count). The minimum absolute atomic E-state index is 0.144. The lowest BCUT2D eigenvalue weighted by Crippen LogP contribution is -2.11. The molecular formula is C18H23N3O5S. The number of anilines is 4. The Hall–Kier alpha value is -2.78. The van der Waals surface area contributed by atoms with Gasteiger partial charge < -0.3 is 21.1 Å². The van der Waals surface area contributed by atoms with Crippen LogP contribution in [-0.4, -0.2) is 43.4 Å². The largest absolute Gasteiger partial charge is 0.478 e. The molecule has 0 unspecified atom stereocenters. The molecule has 2 aromatic carbocycles. The molecule has 8 nitrogen and oxygen atoms in total. The number of carbonyl (C=O) groups is 1. The maximum atomic E-state index is 11.5. The monoisotopic (exact) mass is 393 g/mol. The number of aromatic carboxylic acids is 1. The van der Waals surface area contributed by atoms with E-state index in [1.807, 2.05) is 25.1 Å². The Morgan fingerprint density at radius 1 is 1.07 bits per heavy atom. The molecule has 146 valence electrons. The second-order valence-corrected chi connectivity index (χ2v) is 7.61. The SMILES string of the molecule is CNc1ccc(Nc2ccc(C)c(NCCCS(=O)(=O)O)c2)c(C(=O)O)c1. The lowest BCUT2D eigenvalue weighted by molar-refractivity contribution is 0.0698. The molecule has 9 heteroatoms. The molecule has 0 heterocycles. The van der Waals surface area contributed by atoms with Gasteiger partial charge in [0.1, 0.15) is 0 Å². The molecule has 0 aliphatic carbocycles. The average molecular weight is 393 g/mol. The summed E-state index contributed by atoms with van der Waals surface area (Å²) in [5.41, 5.74) is 3.74. The summed E-state index contributed by atoms with van der Waals surface area (Å²) in [5, 5.41) is 18.6. The molecule has 0 saturated heterocycles. The van der Waals surface area contributed by atoms with E-state index >= 15 is 0 Å². The van der Waals surface area contributed by atoms with E-state index in [0.29, 0.717) is 23.6 Å². The highest BCUT2D eigenvalue weighted by atomic mass is 32.2. The summed E-state index contributed by atoms with van der Waals surface area (Å²) in [7, 11) is -2.25. The van der Waals surface area contributed by atoms with Gasteiger partial charge in [0.25, 0.3) is 10.1 Å². The van der Waals surface area contributed by atoms with E-state index in [0.717, 1.165) is 11.3 Å². The van der Waals surface area contributed by atoms with Crippen molar-refractivity contribution in [3.05, 3.63) is 47.5 Å². The summed E-state index contributed by atoms with van der Waals surface area (Å²) < 4.78 is 30.3. The molecule has 0 spiro atoms. The van der Waals surface area contributed by atoms with Crippen molar-refractivity contribution in [2.75, 3.05) is 35.3 Å². The van der Waals surface area contributed by atoms with Crippen molar-refractivity contribution >= 4 is 38.8 Å². The van der Waals surface area contributed by atoms with Gasteiger partial charge in [0.05, 0.1) is 17.0 Å². The Balaban J connectivity index is 2.15. The van der Waals surface area contributed by atoms with Gasteiger partial charge >= 0.3 is 5.97 Å². The Morgan fingerprint density at radius 3 is 2.41 bits per heavy atom. The normalized spacial score (nSPS) is 11.1. The summed E-state index contributed by atoms with van der Waals surface area (Å²) in [6.07, 6.45) is 0.268. The first kappa shape index (κ1) is 20.5. The molecule has 0 aliphatic heterocycles. The number of rotatable bonds is 9. The first-order valence-corrected chi connectivity index (χ1v) is 9.92. The zero-order valence-corrected chi connectivity index (χ0v) is 15.9. The van der Waals surface area contributed by atoms with Gasteiger partial charge in [-0.2, -0.15) is 8.42 Å². The maximum Gasteiger partial charge on any atom is 0.337 e. The van der Waals surface area contributed by atoms with Crippen molar-refractivity contribution in [3.63, 3.8) is 0 Å². The fourth-order valence-electron chi connectivity index (χ4n) is 2.51. The number of nitrogens with one attached hydrogen (secondary N) is 3. The third-order valence-corrected chi connectivity index (χ3v) is 4.75. The predicted molar refractivity (Wildman–Crippen MR) is 107 cm³/mol. The Morgan fingerprint density at radius 2 is 1.78 bits per heavy atom. The molecule has 0 bridgehead atoms. The maximum absolute atomic E-state index is 11.5. The number of hydrogen-bond donors (Lipinski definition) is 5. The standard InChI is InChI=1S/C18H23N3O5S/c1-12-4-5-14(11-17(12)20-8-3-9-27(24,25)26)21-16-7-6-13(19-2)10-15(16)18(22)23/h4-7,10-11,19-21H,3,8-9H2,1-2H3,(H,22,23)(H,24,25,26). The van der Waals surface area contributed by atoms with Crippen LogP contribution in [-0.2, 0) is 10.1 Å². The first-order valence-electron chi connectivity index (χ1n) is 8.31. The van der Waals surface area contributed by atoms with Gasteiger partial charge in [-0.3, -0.25) is 4.55 Å². The fraction of sp³-hybridized carbons (Fsp3) is 0.278. The van der Waals surface area contributed by atoms with Crippen LogP contribution < -0.4 is 16.0 Å². The highest BCUT2D eigenvalue weighted by Gasteiger charge is 2.12. The predicted octanol–water partition coefficient (Wildman–Crippen LogP) is 3.17. The van der Waals surface area contributed by atoms with Crippen LogP contribution in [0.2, 0.25) is 0 Å². The average Bonchev–Trinajstić information content (AvgIpc) is 2.60. The third-order valence-electron chi connectivity index (χ3n) is 3.95. The highest BCUT2D eigenvalue weighted by Crippen LogP contribution is 2.27. The molecule has 5 N–H and O–H groups in total. The van der Waals surface area contributed by atoms with Gasteiger partial charge in [0, 0.05) is 30.7 Å². The Bertz CT molecular complexity index is 929. The molecule has 0 atom stereocenters. The zero-order valence-electron chi connectivity index (χ0n) is 15.1. The number of carboxylic acid groups (broad SMARTS) is 1. The smallest absolute Gasteiger partial charge is 0.337 e. The summed E-state index contributed by atoms with van der Waals surface area (Å²) >= 11 is 0.